The van der Waals surface area contributed by atoms with Crippen LogP contribution in [0.1, 0.15) is 43.1 Å². The molecule has 0 saturated carbocycles. The molecule has 2 aliphatic heterocycles. The van der Waals surface area contributed by atoms with Gasteiger partial charge in [-0.2, -0.15) is 10.2 Å². The average molecular weight is 655 g/mol. The second kappa shape index (κ2) is 13.0. The Balaban J connectivity index is 1.11. The molecule has 2 fully saturated rings. The van der Waals surface area contributed by atoms with Crippen LogP contribution in [-0.4, -0.2) is 86.2 Å². The van der Waals surface area contributed by atoms with Gasteiger partial charge in [0.25, 0.3) is 11.8 Å². The van der Waals surface area contributed by atoms with Crippen LogP contribution >= 0.6 is 0 Å². The first kappa shape index (κ1) is 31.3. The van der Waals surface area contributed by atoms with Crippen molar-refractivity contribution in [3.63, 3.8) is 0 Å². The number of nitrogens with one attached hydrogen (secondary N) is 1. The van der Waals surface area contributed by atoms with Gasteiger partial charge < -0.3 is 28.4 Å². The molecule has 0 aliphatic carbocycles. The van der Waals surface area contributed by atoms with Crippen molar-refractivity contribution in [2.45, 2.75) is 57.8 Å². The zero-order valence-electron chi connectivity index (χ0n) is 26.6. The smallest absolute Gasteiger partial charge is 0.465 e. The Hall–Kier alpha value is -5.34. The number of fused-ring (bicyclic) bond motifs is 2. The van der Waals surface area contributed by atoms with Crippen molar-refractivity contribution in [1.82, 2.24) is 30.2 Å². The highest BCUT2D eigenvalue weighted by Crippen LogP contribution is 2.32. The topological polar surface area (TPSA) is 162 Å². The third-order valence-electron chi connectivity index (χ3n) is 8.18. The first-order chi connectivity index (χ1) is 23.3. The Bertz CT molecular complexity index is 1920. The summed E-state index contributed by atoms with van der Waals surface area (Å²) >= 11 is 0. The van der Waals surface area contributed by atoms with Gasteiger partial charge in [-0.25, -0.2) is 9.59 Å². The maximum Gasteiger partial charge on any atom is 0.512 e. The molecular formula is C34H34N6O8. The molecular weight excluding hydrogens is 620 g/mol. The minimum Gasteiger partial charge on any atom is -0.465 e. The molecule has 7 rings (SSSR count). The van der Waals surface area contributed by atoms with Gasteiger partial charge in [0.05, 0.1) is 42.5 Å². The largest absolute Gasteiger partial charge is 0.512 e. The van der Waals surface area contributed by atoms with E-state index in [4.69, 9.17) is 28.4 Å². The minimum atomic E-state index is -1.65. The van der Waals surface area contributed by atoms with Crippen LogP contribution in [0, 0.1) is 0 Å². The lowest BCUT2D eigenvalue weighted by molar-refractivity contribution is -0.162. The summed E-state index contributed by atoms with van der Waals surface area (Å²) in [6.45, 7) is 6.28. The van der Waals surface area contributed by atoms with E-state index in [0.29, 0.717) is 42.6 Å². The van der Waals surface area contributed by atoms with E-state index < -0.39 is 24.0 Å². The number of ether oxygens (including phenoxy) is 6. The van der Waals surface area contributed by atoms with E-state index in [1.54, 1.807) is 18.2 Å². The molecule has 3 aromatic carbocycles. The summed E-state index contributed by atoms with van der Waals surface area (Å²) in [4.78, 5) is 31.0. The number of rotatable bonds is 10. The summed E-state index contributed by atoms with van der Waals surface area (Å²) < 4.78 is 35.6. The second-order valence-corrected chi connectivity index (χ2v) is 11.9. The third kappa shape index (κ3) is 6.31. The lowest BCUT2D eigenvalue weighted by Gasteiger charge is -2.26. The van der Waals surface area contributed by atoms with Gasteiger partial charge in [-0.3, -0.25) is 4.57 Å². The van der Waals surface area contributed by atoms with Crippen LogP contribution in [-0.2, 0) is 30.2 Å². The van der Waals surface area contributed by atoms with Gasteiger partial charge in [-0.1, -0.05) is 54.6 Å². The molecule has 2 aliphatic rings. The van der Waals surface area contributed by atoms with E-state index in [9.17, 15) is 9.59 Å². The van der Waals surface area contributed by atoms with Crippen LogP contribution < -0.4 is 4.74 Å². The summed E-state index contributed by atoms with van der Waals surface area (Å²) in [5, 5.41) is 14.5. The molecule has 1 N–H and O–H groups in total. The number of aromatic nitrogens is 6. The van der Waals surface area contributed by atoms with Gasteiger partial charge in [0.15, 0.2) is 6.10 Å². The Morgan fingerprint density at radius 3 is 2.58 bits per heavy atom. The van der Waals surface area contributed by atoms with Gasteiger partial charge in [0, 0.05) is 26.0 Å². The van der Waals surface area contributed by atoms with Gasteiger partial charge in [0.2, 0.25) is 5.82 Å². The molecule has 4 heterocycles. The number of imidazole rings is 1. The summed E-state index contributed by atoms with van der Waals surface area (Å²) in [6, 6.07) is 21.4. The fraction of sp³-hybridized carbons (Fsp3) is 0.353. The molecule has 0 radical (unpaired) electrons. The van der Waals surface area contributed by atoms with Gasteiger partial charge in [-0.15, -0.1) is 10.2 Å². The molecule has 248 valence electrons. The number of tetrazole rings is 1. The maximum absolute atomic E-state index is 13.7. The molecule has 48 heavy (non-hydrogen) atoms. The quantitative estimate of drug-likeness (QED) is 0.160. The van der Waals surface area contributed by atoms with Gasteiger partial charge in [-0.05, 0) is 47.4 Å². The molecule has 2 saturated heterocycles. The zero-order valence-corrected chi connectivity index (χ0v) is 26.6. The number of H-pyrrole nitrogens is 1. The number of aromatic amines is 1. The normalized spacial score (nSPS) is 18.9. The highest BCUT2D eigenvalue weighted by molar-refractivity contribution is 6.02. The highest BCUT2D eigenvalue weighted by Gasteiger charge is 2.45. The fourth-order valence-electron chi connectivity index (χ4n) is 6.07. The number of hydrogen-bond acceptors (Lipinski definition) is 12. The monoisotopic (exact) mass is 654 g/mol. The van der Waals surface area contributed by atoms with Crippen molar-refractivity contribution in [2.24, 2.45) is 0 Å². The number of benzene rings is 3. The number of nitrogens with zero attached hydrogens (tertiary/aromatic N) is 5. The van der Waals surface area contributed by atoms with Crippen molar-refractivity contribution in [1.29, 1.82) is 0 Å². The predicted octanol–water partition coefficient (Wildman–Crippen LogP) is 4.93. The van der Waals surface area contributed by atoms with Gasteiger partial charge in [0.1, 0.15) is 6.10 Å². The van der Waals surface area contributed by atoms with Crippen LogP contribution in [0.5, 0.6) is 6.01 Å². The lowest BCUT2D eigenvalue weighted by atomic mass is 9.98. The number of carbonyl (C=O) groups is 2. The van der Waals surface area contributed by atoms with E-state index in [1.807, 2.05) is 60.0 Å². The first-order valence-electron chi connectivity index (χ1n) is 15.7. The fourth-order valence-corrected chi connectivity index (χ4v) is 6.07. The molecule has 14 heteroatoms. The molecule has 2 aromatic heterocycles. The van der Waals surface area contributed by atoms with E-state index in [2.05, 4.69) is 25.6 Å². The van der Waals surface area contributed by atoms with Crippen LogP contribution in [0.4, 0.5) is 4.79 Å². The third-order valence-corrected chi connectivity index (χ3v) is 8.18. The van der Waals surface area contributed by atoms with Crippen molar-refractivity contribution < 1.29 is 38.0 Å². The first-order valence-corrected chi connectivity index (χ1v) is 15.7. The van der Waals surface area contributed by atoms with Crippen molar-refractivity contribution in [2.75, 3.05) is 19.8 Å². The standard InChI is InChI=1S/C34H34N6O8/c1-4-43-32-35-25-11-7-10-24(31(41)47-34(2,3)48-33(42)46-27-19-45-26-16-17-44-29(26)27)28(25)40(32)18-20-12-14-21(15-13-20)22-8-5-6-9-23(22)30-36-38-39-37-30/h5-15,26-27,29H,4,16-19H2,1-3H3,(H,36,37,38,39)/t26-,27+,29?/m1/s1. The van der Waals surface area contributed by atoms with Crippen molar-refractivity contribution >= 4 is 23.2 Å². The van der Waals surface area contributed by atoms with E-state index in [-0.39, 0.29) is 24.4 Å². The molecule has 14 nitrogen and oxygen atoms in total. The molecule has 5 aromatic rings. The molecule has 0 amide bonds. The van der Waals surface area contributed by atoms with Crippen molar-refractivity contribution in [3.05, 3.63) is 77.9 Å². The molecule has 1 unspecified atom stereocenters. The minimum absolute atomic E-state index is 0.0991. The predicted molar refractivity (Wildman–Crippen MR) is 170 cm³/mol. The summed E-state index contributed by atoms with van der Waals surface area (Å²) in [5.74, 6) is -1.85. The Morgan fingerprint density at radius 1 is 1.00 bits per heavy atom. The number of hydrogen-bond donors (Lipinski definition) is 1. The maximum atomic E-state index is 13.7. The summed E-state index contributed by atoms with van der Waals surface area (Å²) in [5.41, 5.74) is 5.02. The van der Waals surface area contributed by atoms with Gasteiger partial charge >= 0.3 is 12.1 Å². The Kier molecular flexibility index (Phi) is 8.50. The summed E-state index contributed by atoms with van der Waals surface area (Å²) in [6.07, 6.45) is -1.26. The van der Waals surface area contributed by atoms with Crippen LogP contribution in [0.15, 0.2) is 66.7 Å². The van der Waals surface area contributed by atoms with E-state index in [0.717, 1.165) is 28.7 Å². The summed E-state index contributed by atoms with van der Waals surface area (Å²) in [7, 11) is 0. The number of carbonyl (C=O) groups excluding carboxylic acids is 2. The molecule has 0 spiro atoms. The number of esters is 1. The SMILES string of the molecule is CCOc1nc2cccc(C(=O)OC(C)(C)OC(=O)O[C@H]3CO[C@@H]4CCOC34)c2n1Cc1ccc(-c2ccccc2-c2nn[nH]n2)cc1. The van der Waals surface area contributed by atoms with Crippen LogP contribution in [0.3, 0.4) is 0 Å². The molecule has 3 atom stereocenters. The van der Waals surface area contributed by atoms with Crippen LogP contribution in [0.25, 0.3) is 33.5 Å². The van der Waals surface area contributed by atoms with E-state index >= 15 is 0 Å². The van der Waals surface area contributed by atoms with Crippen LogP contribution in [0.2, 0.25) is 0 Å². The zero-order chi connectivity index (χ0) is 33.3. The second-order valence-electron chi connectivity index (χ2n) is 11.9. The van der Waals surface area contributed by atoms with Crippen molar-refractivity contribution in [3.8, 4) is 28.5 Å². The van der Waals surface area contributed by atoms with E-state index in [1.165, 1.54) is 13.8 Å². The Morgan fingerprint density at radius 2 is 1.81 bits per heavy atom. The lowest BCUT2D eigenvalue weighted by Crippen LogP contribution is -2.38. The Labute approximate surface area is 275 Å². The highest BCUT2D eigenvalue weighted by atomic mass is 16.8. The average Bonchev–Trinajstić information content (AvgIpc) is 3.88. The number of para-hydroxylation sites is 1. The molecule has 0 bridgehead atoms.